The van der Waals surface area contributed by atoms with Gasteiger partial charge in [-0.15, -0.1) is 0 Å². The first-order valence-corrected chi connectivity index (χ1v) is 8.22. The molecule has 0 radical (unpaired) electrons. The summed E-state index contributed by atoms with van der Waals surface area (Å²) < 4.78 is 16.1. The molecule has 1 aliphatic heterocycles. The zero-order valence-electron chi connectivity index (χ0n) is 15.0. The molecule has 0 aromatic heterocycles. The van der Waals surface area contributed by atoms with Crippen LogP contribution in [0.5, 0.6) is 17.2 Å². The van der Waals surface area contributed by atoms with Crippen molar-refractivity contribution in [1.82, 2.24) is 0 Å². The van der Waals surface area contributed by atoms with E-state index in [0.29, 0.717) is 22.9 Å². The number of nitrogens with one attached hydrogen (secondary N) is 1. The van der Waals surface area contributed by atoms with Crippen molar-refractivity contribution in [3.05, 3.63) is 65.3 Å². The van der Waals surface area contributed by atoms with Crippen LogP contribution in [0.25, 0.3) is 6.08 Å². The van der Waals surface area contributed by atoms with E-state index in [2.05, 4.69) is 5.32 Å². The van der Waals surface area contributed by atoms with Gasteiger partial charge in [-0.3, -0.25) is 4.79 Å². The Labute approximate surface area is 157 Å². The molecule has 0 saturated heterocycles. The topological polar surface area (TPSA) is 80.6 Å². The molecular weight excluding hydrogens is 344 g/mol. The van der Waals surface area contributed by atoms with Gasteiger partial charge >= 0.3 is 0 Å². The number of nitriles is 1. The lowest BCUT2D eigenvalue weighted by Gasteiger charge is -2.18. The number of carbonyl (C=O) groups is 1. The van der Waals surface area contributed by atoms with Crippen molar-refractivity contribution in [1.29, 1.82) is 5.26 Å². The highest BCUT2D eigenvalue weighted by atomic mass is 16.5. The van der Waals surface area contributed by atoms with Gasteiger partial charge in [0.1, 0.15) is 24.0 Å². The Balaban J connectivity index is 1.80. The number of anilines is 1. The third-order valence-corrected chi connectivity index (χ3v) is 4.00. The summed E-state index contributed by atoms with van der Waals surface area (Å²) in [7, 11) is 3.15. The number of fused-ring (bicyclic) bond motifs is 1. The summed E-state index contributed by atoms with van der Waals surface area (Å²) in [6.45, 7) is 0.244. The third-order valence-electron chi connectivity index (χ3n) is 4.00. The highest BCUT2D eigenvalue weighted by Gasteiger charge is 2.17. The van der Waals surface area contributed by atoms with Gasteiger partial charge in [0, 0.05) is 11.3 Å². The number of rotatable bonds is 5. The van der Waals surface area contributed by atoms with Gasteiger partial charge in [0.25, 0.3) is 5.91 Å². The number of nitrogens with zero attached hydrogens (tertiary/aromatic N) is 1. The lowest BCUT2D eigenvalue weighted by Crippen LogP contribution is -2.15. The minimum absolute atomic E-state index is 0.00739. The largest absolute Gasteiger partial charge is 0.497 e. The molecule has 136 valence electrons. The van der Waals surface area contributed by atoms with E-state index in [4.69, 9.17) is 14.2 Å². The number of hydrogen-bond acceptors (Lipinski definition) is 5. The summed E-state index contributed by atoms with van der Waals surface area (Å²) in [6, 6.07) is 14.4. The van der Waals surface area contributed by atoms with E-state index in [-0.39, 0.29) is 12.2 Å². The lowest BCUT2D eigenvalue weighted by atomic mass is 10.0. The molecule has 6 nitrogen and oxygen atoms in total. The molecule has 1 aliphatic rings. The van der Waals surface area contributed by atoms with Crippen LogP contribution in [0, 0.1) is 11.3 Å². The molecule has 0 unspecified atom stereocenters. The Hall–Kier alpha value is -3.72. The molecule has 0 bridgehead atoms. The molecule has 1 N–H and O–H groups in total. The maximum atomic E-state index is 12.4. The molecular formula is C21H18N2O4. The minimum atomic E-state index is -0.486. The first-order valence-electron chi connectivity index (χ1n) is 8.22. The SMILES string of the molecule is COc1ccc(NC(=O)/C(C#N)=C\C2=Cc3cccc(OC)c3OC2)cc1. The Bertz CT molecular complexity index is 953. The lowest BCUT2D eigenvalue weighted by molar-refractivity contribution is -0.112. The second kappa shape index (κ2) is 8.11. The molecule has 6 heteroatoms. The van der Waals surface area contributed by atoms with Crippen LogP contribution in [0.15, 0.2) is 59.7 Å². The molecule has 1 amide bonds. The summed E-state index contributed by atoms with van der Waals surface area (Å²) in [5.74, 6) is 1.49. The van der Waals surface area contributed by atoms with Crippen LogP contribution in [0.2, 0.25) is 0 Å². The Morgan fingerprint density at radius 3 is 2.63 bits per heavy atom. The van der Waals surface area contributed by atoms with Gasteiger partial charge in [-0.05, 0) is 48.1 Å². The normalized spacial score (nSPS) is 12.8. The van der Waals surface area contributed by atoms with E-state index >= 15 is 0 Å². The van der Waals surface area contributed by atoms with Crippen LogP contribution in [0.3, 0.4) is 0 Å². The number of para-hydroxylation sites is 1. The molecule has 0 fully saturated rings. The number of benzene rings is 2. The number of carbonyl (C=O) groups excluding carboxylic acids is 1. The monoisotopic (exact) mass is 362 g/mol. The van der Waals surface area contributed by atoms with E-state index in [1.807, 2.05) is 30.3 Å². The first kappa shape index (κ1) is 18.1. The fourth-order valence-electron chi connectivity index (χ4n) is 2.65. The van der Waals surface area contributed by atoms with Crippen molar-refractivity contribution in [3.63, 3.8) is 0 Å². The maximum absolute atomic E-state index is 12.4. The molecule has 2 aromatic carbocycles. The maximum Gasteiger partial charge on any atom is 0.266 e. The highest BCUT2D eigenvalue weighted by Crippen LogP contribution is 2.35. The fraction of sp³-hybridized carbons (Fsp3) is 0.143. The van der Waals surface area contributed by atoms with Crippen LogP contribution in [-0.4, -0.2) is 26.7 Å². The predicted octanol–water partition coefficient (Wildman–Crippen LogP) is 3.57. The van der Waals surface area contributed by atoms with Crippen molar-refractivity contribution >= 4 is 17.7 Å². The zero-order valence-corrected chi connectivity index (χ0v) is 15.0. The average molecular weight is 362 g/mol. The summed E-state index contributed by atoms with van der Waals surface area (Å²) >= 11 is 0. The van der Waals surface area contributed by atoms with Crippen molar-refractivity contribution in [2.24, 2.45) is 0 Å². The van der Waals surface area contributed by atoms with Gasteiger partial charge in [0.2, 0.25) is 0 Å². The highest BCUT2D eigenvalue weighted by molar-refractivity contribution is 6.07. The molecule has 1 heterocycles. The van der Waals surface area contributed by atoms with E-state index in [9.17, 15) is 10.1 Å². The second-order valence-electron chi connectivity index (χ2n) is 5.74. The van der Waals surface area contributed by atoms with E-state index in [1.165, 1.54) is 6.08 Å². The third kappa shape index (κ3) is 4.10. The summed E-state index contributed by atoms with van der Waals surface area (Å²) in [4.78, 5) is 12.4. The molecule has 27 heavy (non-hydrogen) atoms. The Morgan fingerprint density at radius 2 is 1.96 bits per heavy atom. The first-order chi connectivity index (χ1) is 13.1. The zero-order chi connectivity index (χ0) is 19.2. The van der Waals surface area contributed by atoms with Crippen molar-refractivity contribution in [2.45, 2.75) is 0 Å². The Morgan fingerprint density at radius 1 is 1.19 bits per heavy atom. The number of ether oxygens (including phenoxy) is 3. The summed E-state index contributed by atoms with van der Waals surface area (Å²) in [6.07, 6.45) is 3.40. The van der Waals surface area contributed by atoms with E-state index in [1.54, 1.807) is 38.5 Å². The molecule has 0 atom stereocenters. The van der Waals surface area contributed by atoms with Crippen LogP contribution < -0.4 is 19.5 Å². The van der Waals surface area contributed by atoms with Crippen LogP contribution in [-0.2, 0) is 4.79 Å². The predicted molar refractivity (Wildman–Crippen MR) is 102 cm³/mol. The van der Waals surface area contributed by atoms with Gasteiger partial charge in [0.05, 0.1) is 14.2 Å². The van der Waals surface area contributed by atoms with Crippen LogP contribution >= 0.6 is 0 Å². The van der Waals surface area contributed by atoms with Crippen molar-refractivity contribution < 1.29 is 19.0 Å². The number of amides is 1. The quantitative estimate of drug-likeness (QED) is 0.650. The molecule has 0 saturated carbocycles. The van der Waals surface area contributed by atoms with Crippen molar-refractivity contribution in [3.8, 4) is 23.3 Å². The number of methoxy groups -OCH3 is 2. The standard InChI is InChI=1S/C21H18N2O4/c1-25-18-8-6-17(7-9-18)23-21(24)16(12-22)11-14-10-15-4-3-5-19(26-2)20(15)27-13-14/h3-11H,13H2,1-2H3,(H,23,24)/b16-11-. The van der Waals surface area contributed by atoms with Gasteiger partial charge in [0.15, 0.2) is 11.5 Å². The molecule has 0 spiro atoms. The average Bonchev–Trinajstić information content (AvgIpc) is 2.71. The molecule has 2 aromatic rings. The van der Waals surface area contributed by atoms with Crippen LogP contribution in [0.1, 0.15) is 5.56 Å². The van der Waals surface area contributed by atoms with Gasteiger partial charge in [-0.25, -0.2) is 0 Å². The van der Waals surface area contributed by atoms with Gasteiger partial charge < -0.3 is 19.5 Å². The minimum Gasteiger partial charge on any atom is -0.497 e. The fourth-order valence-corrected chi connectivity index (χ4v) is 2.65. The van der Waals surface area contributed by atoms with Gasteiger partial charge in [-0.1, -0.05) is 12.1 Å². The second-order valence-corrected chi connectivity index (χ2v) is 5.74. The molecule has 0 aliphatic carbocycles. The van der Waals surface area contributed by atoms with Gasteiger partial charge in [-0.2, -0.15) is 5.26 Å². The van der Waals surface area contributed by atoms with Crippen LogP contribution in [0.4, 0.5) is 5.69 Å². The number of hydrogen-bond donors (Lipinski definition) is 1. The summed E-state index contributed by atoms with van der Waals surface area (Å²) in [5.41, 5.74) is 2.12. The van der Waals surface area contributed by atoms with E-state index < -0.39 is 5.91 Å². The summed E-state index contributed by atoms with van der Waals surface area (Å²) in [5, 5.41) is 12.1. The van der Waals surface area contributed by atoms with E-state index in [0.717, 1.165) is 11.1 Å². The van der Waals surface area contributed by atoms with Crippen molar-refractivity contribution in [2.75, 3.05) is 26.1 Å². The Kier molecular flexibility index (Phi) is 5.43. The smallest absolute Gasteiger partial charge is 0.266 e. The molecule has 3 rings (SSSR count).